The average Bonchev–Trinajstić information content (AvgIpc) is 3.27. The van der Waals surface area contributed by atoms with Crippen LogP contribution in [0.15, 0.2) is 64.7 Å². The van der Waals surface area contributed by atoms with Crippen LogP contribution in [0, 0.1) is 6.92 Å². The molecule has 27 heavy (non-hydrogen) atoms. The van der Waals surface area contributed by atoms with E-state index in [1.807, 2.05) is 18.2 Å². The van der Waals surface area contributed by atoms with E-state index in [2.05, 4.69) is 58.4 Å². The van der Waals surface area contributed by atoms with Crippen LogP contribution in [0.2, 0.25) is 0 Å². The Kier molecular flexibility index (Phi) is 8.44. The SMILES string of the molecule is C=CCNC(=NCCc1ccco1)NCCc1c(C)[nH]c2ccccc12.I. The van der Waals surface area contributed by atoms with Crippen molar-refractivity contribution in [2.75, 3.05) is 19.6 Å². The highest BCUT2D eigenvalue weighted by Gasteiger charge is 2.08. The first-order valence-electron chi connectivity index (χ1n) is 8.99. The number of H-pyrrole nitrogens is 1. The molecule has 2 heterocycles. The molecule has 1 aromatic carbocycles. The van der Waals surface area contributed by atoms with E-state index in [1.54, 1.807) is 6.26 Å². The average molecular weight is 478 g/mol. The van der Waals surface area contributed by atoms with Gasteiger partial charge in [-0.05, 0) is 37.1 Å². The van der Waals surface area contributed by atoms with Gasteiger partial charge < -0.3 is 20.0 Å². The molecule has 0 spiro atoms. The molecule has 0 aliphatic heterocycles. The highest BCUT2D eigenvalue weighted by molar-refractivity contribution is 14.0. The maximum atomic E-state index is 5.35. The molecule has 0 amide bonds. The zero-order valence-electron chi connectivity index (χ0n) is 15.6. The second-order valence-corrected chi connectivity index (χ2v) is 6.18. The van der Waals surface area contributed by atoms with Crippen molar-refractivity contribution in [3.8, 4) is 0 Å². The number of rotatable bonds is 8. The molecule has 5 nitrogen and oxygen atoms in total. The lowest BCUT2D eigenvalue weighted by Gasteiger charge is -2.11. The van der Waals surface area contributed by atoms with Gasteiger partial charge in [0, 0.05) is 42.7 Å². The highest BCUT2D eigenvalue weighted by Crippen LogP contribution is 2.21. The first-order valence-corrected chi connectivity index (χ1v) is 8.99. The molecule has 144 valence electrons. The normalized spacial score (nSPS) is 11.2. The Morgan fingerprint density at radius 1 is 1.19 bits per heavy atom. The van der Waals surface area contributed by atoms with Gasteiger partial charge in [0.15, 0.2) is 5.96 Å². The Labute approximate surface area is 177 Å². The number of halogens is 1. The number of fused-ring (bicyclic) bond motifs is 1. The molecule has 0 saturated heterocycles. The zero-order valence-corrected chi connectivity index (χ0v) is 18.0. The topological polar surface area (TPSA) is 65.3 Å². The van der Waals surface area contributed by atoms with Gasteiger partial charge in [0.2, 0.25) is 0 Å². The summed E-state index contributed by atoms with van der Waals surface area (Å²) < 4.78 is 5.35. The van der Waals surface area contributed by atoms with E-state index in [4.69, 9.17) is 4.42 Å². The summed E-state index contributed by atoms with van der Waals surface area (Å²) in [5.41, 5.74) is 3.77. The number of benzene rings is 1. The summed E-state index contributed by atoms with van der Waals surface area (Å²) >= 11 is 0. The van der Waals surface area contributed by atoms with Gasteiger partial charge in [0.1, 0.15) is 5.76 Å². The Hall–Kier alpha value is -2.22. The number of aromatic amines is 1. The standard InChI is InChI=1S/C21H26N4O.HI/c1-3-12-22-21(23-13-10-17-7-6-15-26-17)24-14-11-18-16(2)25-20-9-5-4-8-19(18)20;/h3-9,15,25H,1,10-14H2,2H3,(H2,22,23,24);1H. The third-order valence-corrected chi connectivity index (χ3v) is 4.32. The third-order valence-electron chi connectivity index (χ3n) is 4.32. The predicted molar refractivity (Wildman–Crippen MR) is 123 cm³/mol. The summed E-state index contributed by atoms with van der Waals surface area (Å²) in [4.78, 5) is 8.07. The summed E-state index contributed by atoms with van der Waals surface area (Å²) in [6.07, 6.45) is 5.24. The Balaban J connectivity index is 0.00000261. The number of nitrogens with zero attached hydrogens (tertiary/aromatic N) is 1. The minimum absolute atomic E-state index is 0. The van der Waals surface area contributed by atoms with Crippen molar-refractivity contribution < 1.29 is 4.42 Å². The zero-order chi connectivity index (χ0) is 18.2. The van der Waals surface area contributed by atoms with Gasteiger partial charge in [0.05, 0.1) is 6.26 Å². The van der Waals surface area contributed by atoms with Crippen molar-refractivity contribution >= 4 is 40.8 Å². The lowest BCUT2D eigenvalue weighted by molar-refractivity contribution is 0.510. The first kappa shape index (κ1) is 21.1. The molecule has 0 bridgehead atoms. The van der Waals surface area contributed by atoms with Crippen molar-refractivity contribution in [1.82, 2.24) is 15.6 Å². The molecular weight excluding hydrogens is 451 g/mol. The number of aryl methyl sites for hydroxylation is 1. The van der Waals surface area contributed by atoms with E-state index in [0.717, 1.165) is 31.1 Å². The van der Waals surface area contributed by atoms with Gasteiger partial charge in [-0.3, -0.25) is 4.99 Å². The van der Waals surface area contributed by atoms with Crippen molar-refractivity contribution in [1.29, 1.82) is 0 Å². The molecule has 0 radical (unpaired) electrons. The van der Waals surface area contributed by atoms with Crippen LogP contribution in [-0.4, -0.2) is 30.6 Å². The number of hydrogen-bond donors (Lipinski definition) is 3. The molecule has 0 unspecified atom stereocenters. The fourth-order valence-electron chi connectivity index (χ4n) is 3.04. The van der Waals surface area contributed by atoms with E-state index in [9.17, 15) is 0 Å². The number of nitrogens with one attached hydrogen (secondary N) is 3. The van der Waals surface area contributed by atoms with E-state index < -0.39 is 0 Å². The predicted octanol–water partition coefficient (Wildman–Crippen LogP) is 4.19. The molecular formula is C21H27IN4O. The molecule has 3 aromatic rings. The number of hydrogen-bond acceptors (Lipinski definition) is 2. The van der Waals surface area contributed by atoms with Crippen LogP contribution < -0.4 is 10.6 Å². The summed E-state index contributed by atoms with van der Waals surface area (Å²) in [6.45, 7) is 8.05. The lowest BCUT2D eigenvalue weighted by Crippen LogP contribution is -2.38. The minimum atomic E-state index is 0. The van der Waals surface area contributed by atoms with Gasteiger partial charge in [-0.2, -0.15) is 0 Å². The van der Waals surface area contributed by atoms with E-state index in [1.165, 1.54) is 22.2 Å². The number of aromatic nitrogens is 1. The molecule has 0 saturated carbocycles. The molecule has 3 rings (SSSR count). The quantitative estimate of drug-likeness (QED) is 0.197. The van der Waals surface area contributed by atoms with Gasteiger partial charge in [-0.15, -0.1) is 30.6 Å². The van der Waals surface area contributed by atoms with E-state index >= 15 is 0 Å². The Morgan fingerprint density at radius 3 is 2.81 bits per heavy atom. The molecule has 6 heteroatoms. The van der Waals surface area contributed by atoms with Crippen LogP contribution in [0.4, 0.5) is 0 Å². The minimum Gasteiger partial charge on any atom is -0.469 e. The van der Waals surface area contributed by atoms with Gasteiger partial charge >= 0.3 is 0 Å². The second-order valence-electron chi connectivity index (χ2n) is 6.18. The maximum absolute atomic E-state index is 5.35. The van der Waals surface area contributed by atoms with Crippen molar-refractivity contribution in [2.45, 2.75) is 19.8 Å². The van der Waals surface area contributed by atoms with Crippen LogP contribution in [-0.2, 0) is 12.8 Å². The molecule has 2 aromatic heterocycles. The highest BCUT2D eigenvalue weighted by atomic mass is 127. The van der Waals surface area contributed by atoms with Crippen LogP contribution in [0.3, 0.4) is 0 Å². The maximum Gasteiger partial charge on any atom is 0.191 e. The molecule has 0 aliphatic carbocycles. The van der Waals surface area contributed by atoms with E-state index in [-0.39, 0.29) is 24.0 Å². The van der Waals surface area contributed by atoms with E-state index in [0.29, 0.717) is 13.1 Å². The van der Waals surface area contributed by atoms with Crippen molar-refractivity contribution in [3.05, 3.63) is 72.3 Å². The summed E-state index contributed by atoms with van der Waals surface area (Å²) in [7, 11) is 0. The molecule has 0 atom stereocenters. The summed E-state index contributed by atoms with van der Waals surface area (Å²) in [5, 5.41) is 7.97. The number of para-hydroxylation sites is 1. The Morgan fingerprint density at radius 2 is 2.04 bits per heavy atom. The van der Waals surface area contributed by atoms with Gasteiger partial charge in [-0.25, -0.2) is 0 Å². The summed E-state index contributed by atoms with van der Waals surface area (Å²) in [5.74, 6) is 1.75. The molecule has 0 aliphatic rings. The third kappa shape index (κ3) is 5.89. The number of furan rings is 1. The van der Waals surface area contributed by atoms with Gasteiger partial charge in [-0.1, -0.05) is 24.3 Å². The first-order chi connectivity index (χ1) is 12.8. The fourth-order valence-corrected chi connectivity index (χ4v) is 3.04. The van der Waals surface area contributed by atoms with Crippen LogP contribution in [0.5, 0.6) is 0 Å². The Bertz CT molecular complexity index is 868. The smallest absolute Gasteiger partial charge is 0.191 e. The van der Waals surface area contributed by atoms with Crippen LogP contribution in [0.1, 0.15) is 17.0 Å². The molecule has 3 N–H and O–H groups in total. The van der Waals surface area contributed by atoms with Crippen molar-refractivity contribution in [3.63, 3.8) is 0 Å². The monoisotopic (exact) mass is 478 g/mol. The largest absolute Gasteiger partial charge is 0.469 e. The molecule has 0 fully saturated rings. The second kappa shape index (κ2) is 10.8. The number of aliphatic imine (C=N–C) groups is 1. The van der Waals surface area contributed by atoms with Crippen LogP contribution >= 0.6 is 24.0 Å². The fraction of sp³-hybridized carbons (Fsp3) is 0.286. The number of guanidine groups is 1. The van der Waals surface area contributed by atoms with Gasteiger partial charge in [0.25, 0.3) is 0 Å². The summed E-state index contributed by atoms with van der Waals surface area (Å²) in [6, 6.07) is 12.3. The lowest BCUT2D eigenvalue weighted by atomic mass is 10.1. The van der Waals surface area contributed by atoms with Crippen LogP contribution in [0.25, 0.3) is 10.9 Å². The van der Waals surface area contributed by atoms with Crippen molar-refractivity contribution in [2.24, 2.45) is 4.99 Å².